The zero-order valence-corrected chi connectivity index (χ0v) is 24.0. The van der Waals surface area contributed by atoms with Gasteiger partial charge in [-0.1, -0.05) is 44.7 Å². The maximum Gasteiger partial charge on any atom is 0.347 e. The number of rotatable bonds is 13. The van der Waals surface area contributed by atoms with E-state index in [1.165, 1.54) is 37.6 Å². The molecule has 12 nitrogen and oxygen atoms in total. The minimum absolute atomic E-state index is 0.0675. The summed E-state index contributed by atoms with van der Waals surface area (Å²) in [5.74, 6) is -0.545. The number of phenols is 1. The van der Waals surface area contributed by atoms with E-state index in [0.29, 0.717) is 12.0 Å². The number of aromatic hydroxyl groups is 1. The van der Waals surface area contributed by atoms with Gasteiger partial charge in [-0.05, 0) is 30.5 Å². The molecule has 1 aliphatic rings. The van der Waals surface area contributed by atoms with Gasteiger partial charge in [-0.25, -0.2) is 4.79 Å². The summed E-state index contributed by atoms with van der Waals surface area (Å²) in [6.07, 6.45) is -1.35. The molecule has 0 radical (unpaired) electrons. The molecule has 3 aromatic rings. The van der Waals surface area contributed by atoms with Crippen molar-refractivity contribution in [3.8, 4) is 28.4 Å². The Bertz CT molecular complexity index is 1420. The lowest BCUT2D eigenvalue weighted by Crippen LogP contribution is -2.60. The number of carbonyl (C=O) groups is 1. The maximum atomic E-state index is 13.4. The predicted octanol–water partition coefficient (Wildman–Crippen LogP) is 2.63. The molecule has 1 fully saturated rings. The van der Waals surface area contributed by atoms with Gasteiger partial charge in [-0.2, -0.15) is 0 Å². The van der Waals surface area contributed by atoms with E-state index in [1.807, 2.05) is 0 Å². The lowest BCUT2D eigenvalue weighted by atomic mass is 9.99. The molecule has 0 aliphatic carbocycles. The van der Waals surface area contributed by atoms with Crippen LogP contribution in [-0.2, 0) is 14.3 Å². The summed E-state index contributed by atoms with van der Waals surface area (Å²) < 4.78 is 27.4. The van der Waals surface area contributed by atoms with Gasteiger partial charge >= 0.3 is 5.97 Å². The van der Waals surface area contributed by atoms with Gasteiger partial charge in [0, 0.05) is 12.1 Å². The molecule has 1 aliphatic heterocycles. The predicted molar refractivity (Wildman–Crippen MR) is 154 cm³/mol. The van der Waals surface area contributed by atoms with Gasteiger partial charge in [0.25, 0.3) is 0 Å². The third-order valence-electron chi connectivity index (χ3n) is 7.41. The Morgan fingerprint density at radius 2 is 1.70 bits per heavy atom. The van der Waals surface area contributed by atoms with Gasteiger partial charge in [-0.15, -0.1) is 0 Å². The van der Waals surface area contributed by atoms with Crippen LogP contribution >= 0.6 is 0 Å². The highest BCUT2D eigenvalue weighted by molar-refractivity contribution is 5.88. The average molecular weight is 603 g/mol. The zero-order chi connectivity index (χ0) is 31.1. The number of unbranched alkanes of at least 4 members (excludes halogenated alkanes) is 4. The second kappa shape index (κ2) is 14.7. The molecule has 12 heteroatoms. The van der Waals surface area contributed by atoms with Gasteiger partial charge in [0.05, 0.1) is 19.3 Å². The van der Waals surface area contributed by atoms with Crippen LogP contribution in [0.4, 0.5) is 0 Å². The molecule has 43 heavy (non-hydrogen) atoms. The van der Waals surface area contributed by atoms with Gasteiger partial charge in [-0.3, -0.25) is 4.79 Å². The van der Waals surface area contributed by atoms with E-state index in [0.717, 1.165) is 32.1 Å². The van der Waals surface area contributed by atoms with Crippen LogP contribution in [0.1, 0.15) is 45.4 Å². The van der Waals surface area contributed by atoms with Crippen molar-refractivity contribution < 1.29 is 53.7 Å². The van der Waals surface area contributed by atoms with Crippen molar-refractivity contribution in [2.45, 2.75) is 82.3 Å². The smallest absolute Gasteiger partial charge is 0.347 e. The number of methoxy groups -OCH3 is 1. The average Bonchev–Trinajstić information content (AvgIpc) is 3.00. The van der Waals surface area contributed by atoms with Gasteiger partial charge < -0.3 is 48.9 Å². The Balaban J connectivity index is 1.50. The van der Waals surface area contributed by atoms with Crippen LogP contribution in [0, 0.1) is 0 Å². The normalized spacial score (nSPS) is 22.7. The van der Waals surface area contributed by atoms with E-state index in [-0.39, 0.29) is 33.8 Å². The standard InChI is InChI=1S/C31H38O12/c1-3-4-5-6-7-8-22(30(38)39-2)41-19-13-21(33)25-23(14-19)40-16-20(26(25)34)17-9-11-18(12-10-17)42-31-29(37)28(36)27(35)24(15-32)43-31/h9-14,16,22,24,27-29,31-33,35-37H,3-8,15H2,1-2H3/t22-,24+,27-,28-,29-,31-/m1/s1. The first kappa shape index (κ1) is 32.2. The summed E-state index contributed by atoms with van der Waals surface area (Å²) in [5, 5.41) is 50.1. The lowest BCUT2D eigenvalue weighted by molar-refractivity contribution is -0.277. The number of benzene rings is 2. The highest BCUT2D eigenvalue weighted by Crippen LogP contribution is 2.32. The van der Waals surface area contributed by atoms with E-state index >= 15 is 0 Å². The molecule has 234 valence electrons. The number of hydrogen-bond acceptors (Lipinski definition) is 12. The number of carbonyl (C=O) groups excluding carboxylic acids is 1. The monoisotopic (exact) mass is 602 g/mol. The van der Waals surface area contributed by atoms with Gasteiger partial charge in [0.2, 0.25) is 11.7 Å². The molecule has 4 rings (SSSR count). The van der Waals surface area contributed by atoms with E-state index < -0.39 is 54.8 Å². The van der Waals surface area contributed by atoms with Gasteiger partial charge in [0.1, 0.15) is 58.9 Å². The Labute approximate surface area is 248 Å². The fourth-order valence-corrected chi connectivity index (χ4v) is 4.94. The molecule has 2 heterocycles. The molecule has 0 spiro atoms. The first-order valence-corrected chi connectivity index (χ1v) is 14.3. The molecule has 0 saturated carbocycles. The van der Waals surface area contributed by atoms with Crippen LogP contribution < -0.4 is 14.9 Å². The van der Waals surface area contributed by atoms with Crippen LogP contribution in [0.2, 0.25) is 0 Å². The van der Waals surface area contributed by atoms with Crippen molar-refractivity contribution in [1.82, 2.24) is 0 Å². The molecule has 0 amide bonds. The molecule has 1 aromatic heterocycles. The SMILES string of the molecule is CCCCCCC[C@@H](Oc1cc(O)c2c(=O)c(-c3ccc(O[C@@H]4O[C@@H](CO)[C@@H](O)[C@@H](O)[C@H]4O)cc3)coc2c1)C(=O)OC. The van der Waals surface area contributed by atoms with Crippen molar-refractivity contribution in [3.05, 3.63) is 52.9 Å². The van der Waals surface area contributed by atoms with Crippen molar-refractivity contribution in [3.63, 3.8) is 0 Å². The number of aliphatic hydroxyl groups excluding tert-OH is 4. The number of aliphatic hydroxyl groups is 4. The van der Waals surface area contributed by atoms with Gasteiger partial charge in [0.15, 0.2) is 6.10 Å². The third-order valence-corrected chi connectivity index (χ3v) is 7.41. The highest BCUT2D eigenvalue weighted by Gasteiger charge is 2.44. The fraction of sp³-hybridized carbons (Fsp3) is 0.484. The quantitative estimate of drug-likeness (QED) is 0.142. The molecular weight excluding hydrogens is 564 g/mol. The molecular formula is C31H38O12. The van der Waals surface area contributed by atoms with Crippen LogP contribution in [0.25, 0.3) is 22.1 Å². The number of fused-ring (bicyclic) bond motifs is 1. The summed E-state index contributed by atoms with van der Waals surface area (Å²) in [5.41, 5.74) is 0.145. The summed E-state index contributed by atoms with van der Waals surface area (Å²) >= 11 is 0. The summed E-state index contributed by atoms with van der Waals surface area (Å²) in [7, 11) is 1.28. The maximum absolute atomic E-state index is 13.4. The summed E-state index contributed by atoms with van der Waals surface area (Å²) in [6, 6.07) is 8.78. The van der Waals surface area contributed by atoms with Crippen LogP contribution in [0.5, 0.6) is 17.2 Å². The molecule has 5 N–H and O–H groups in total. The topological polar surface area (TPSA) is 185 Å². The molecule has 6 atom stereocenters. The number of hydrogen-bond donors (Lipinski definition) is 5. The molecule has 1 saturated heterocycles. The van der Waals surface area contributed by atoms with E-state index in [1.54, 1.807) is 12.1 Å². The zero-order valence-electron chi connectivity index (χ0n) is 24.0. The fourth-order valence-electron chi connectivity index (χ4n) is 4.94. The van der Waals surface area contributed by atoms with Crippen molar-refractivity contribution in [2.75, 3.05) is 13.7 Å². The van der Waals surface area contributed by atoms with Crippen molar-refractivity contribution in [2.24, 2.45) is 0 Å². The highest BCUT2D eigenvalue weighted by atomic mass is 16.7. The molecule has 0 bridgehead atoms. The lowest BCUT2D eigenvalue weighted by Gasteiger charge is -2.39. The van der Waals surface area contributed by atoms with Crippen molar-refractivity contribution >= 4 is 16.9 Å². The summed E-state index contributed by atoms with van der Waals surface area (Å²) in [6.45, 7) is 1.53. The Morgan fingerprint density at radius 1 is 0.977 bits per heavy atom. The second-order valence-corrected chi connectivity index (χ2v) is 10.5. The van der Waals surface area contributed by atoms with E-state index in [4.69, 9.17) is 23.4 Å². The van der Waals surface area contributed by atoms with E-state index in [9.17, 15) is 35.1 Å². The third kappa shape index (κ3) is 7.46. The van der Waals surface area contributed by atoms with E-state index in [2.05, 4.69) is 6.92 Å². The number of phenolic OH excluding ortho intramolecular Hbond substituents is 1. The van der Waals surface area contributed by atoms with Crippen molar-refractivity contribution in [1.29, 1.82) is 0 Å². The minimum Gasteiger partial charge on any atom is -0.507 e. The largest absolute Gasteiger partial charge is 0.507 e. The molecule has 0 unspecified atom stereocenters. The first-order chi connectivity index (χ1) is 20.7. The van der Waals surface area contributed by atoms with Crippen LogP contribution in [0.15, 0.2) is 51.9 Å². The number of ether oxygens (including phenoxy) is 4. The summed E-state index contributed by atoms with van der Waals surface area (Å²) in [4.78, 5) is 25.7. The second-order valence-electron chi connectivity index (χ2n) is 10.5. The first-order valence-electron chi connectivity index (χ1n) is 14.3. The molecule has 2 aromatic carbocycles. The Morgan fingerprint density at radius 3 is 2.37 bits per heavy atom. The van der Waals surface area contributed by atoms with Crippen LogP contribution in [-0.4, -0.2) is 82.0 Å². The van der Waals surface area contributed by atoms with Crippen LogP contribution in [0.3, 0.4) is 0 Å². The Hall–Kier alpha value is -3.68. The number of esters is 1. The Kier molecular flexibility index (Phi) is 11.0. The minimum atomic E-state index is -1.59.